The van der Waals surface area contributed by atoms with Gasteiger partial charge in [0, 0.05) is 9.26 Å². The van der Waals surface area contributed by atoms with Crippen LogP contribution in [0.5, 0.6) is 0 Å². The molecular weight excluding hydrogens is 381 g/mol. The Hall–Kier alpha value is -1.11. The predicted molar refractivity (Wildman–Crippen MR) is 88.0 cm³/mol. The Morgan fingerprint density at radius 2 is 1.90 bits per heavy atom. The second-order valence-electron chi connectivity index (χ2n) is 6.17. The second kappa shape index (κ2) is 5.59. The molecule has 3 rings (SSSR count). The van der Waals surface area contributed by atoms with Gasteiger partial charge in [-0.1, -0.05) is 0 Å². The lowest BCUT2D eigenvalue weighted by molar-refractivity contribution is -0.148. The monoisotopic (exact) mass is 399 g/mol. The molecule has 0 radical (unpaired) electrons. The Morgan fingerprint density at radius 3 is 2.52 bits per heavy atom. The molecule has 2 bridgehead atoms. The number of carbonyl (C=O) groups is 2. The number of rotatable bonds is 3. The number of aryl methyl sites for hydroxylation is 1. The van der Waals surface area contributed by atoms with Gasteiger partial charge in [-0.15, -0.1) is 0 Å². The summed E-state index contributed by atoms with van der Waals surface area (Å²) < 4.78 is 1.12. The molecule has 4 atom stereocenters. The van der Waals surface area contributed by atoms with Gasteiger partial charge in [0.05, 0.1) is 11.8 Å². The fraction of sp³-hybridized carbons (Fsp3) is 0.500. The van der Waals surface area contributed by atoms with Gasteiger partial charge in [0.2, 0.25) is 5.91 Å². The van der Waals surface area contributed by atoms with Gasteiger partial charge < -0.3 is 10.4 Å². The number of hydrogen-bond donors (Lipinski definition) is 2. The van der Waals surface area contributed by atoms with Crippen molar-refractivity contribution in [2.24, 2.45) is 23.7 Å². The number of fused-ring (bicyclic) bond motifs is 2. The molecule has 2 saturated carbocycles. The number of carbonyl (C=O) groups excluding carboxylic acids is 1. The average molecular weight is 399 g/mol. The maximum atomic E-state index is 12.6. The highest BCUT2D eigenvalue weighted by Gasteiger charge is 2.53. The van der Waals surface area contributed by atoms with Gasteiger partial charge in [-0.05, 0) is 84.4 Å². The van der Waals surface area contributed by atoms with E-state index >= 15 is 0 Å². The van der Waals surface area contributed by atoms with E-state index in [1.165, 1.54) is 0 Å². The zero-order valence-corrected chi connectivity index (χ0v) is 14.0. The fourth-order valence-electron chi connectivity index (χ4n) is 4.01. The quantitative estimate of drug-likeness (QED) is 0.767. The Bertz CT molecular complexity index is 601. The minimum absolute atomic E-state index is 0.126. The van der Waals surface area contributed by atoms with E-state index in [4.69, 9.17) is 0 Å². The first kappa shape index (κ1) is 14.8. The molecule has 0 saturated heterocycles. The van der Waals surface area contributed by atoms with Gasteiger partial charge in [-0.25, -0.2) is 0 Å². The molecule has 0 heterocycles. The molecule has 4 nitrogen and oxygen atoms in total. The van der Waals surface area contributed by atoms with Crippen LogP contribution in [0.4, 0.5) is 5.69 Å². The van der Waals surface area contributed by atoms with Crippen LogP contribution in [0.1, 0.15) is 24.8 Å². The summed E-state index contributed by atoms with van der Waals surface area (Å²) in [5.41, 5.74) is 1.79. The van der Waals surface area contributed by atoms with Crippen molar-refractivity contribution in [2.75, 3.05) is 5.32 Å². The SMILES string of the molecule is Cc1cc(I)ccc1NC(=O)[C@H]1[C@H]2CC[C@@H](C2)[C@H]1C(=O)O. The number of anilines is 1. The van der Waals surface area contributed by atoms with Gasteiger partial charge >= 0.3 is 5.97 Å². The smallest absolute Gasteiger partial charge is 0.307 e. The maximum Gasteiger partial charge on any atom is 0.307 e. The molecule has 5 heteroatoms. The maximum absolute atomic E-state index is 12.6. The molecule has 1 aromatic rings. The van der Waals surface area contributed by atoms with Gasteiger partial charge in [0.1, 0.15) is 0 Å². The number of amides is 1. The van der Waals surface area contributed by atoms with E-state index in [9.17, 15) is 14.7 Å². The molecule has 21 heavy (non-hydrogen) atoms. The number of carboxylic acid groups (broad SMARTS) is 1. The van der Waals surface area contributed by atoms with E-state index in [-0.39, 0.29) is 23.7 Å². The number of nitrogens with one attached hydrogen (secondary N) is 1. The first-order valence-electron chi connectivity index (χ1n) is 7.27. The van der Waals surface area contributed by atoms with Crippen molar-refractivity contribution in [3.63, 3.8) is 0 Å². The van der Waals surface area contributed by atoms with Crippen LogP contribution in [0.2, 0.25) is 0 Å². The highest BCUT2D eigenvalue weighted by Crippen LogP contribution is 2.52. The minimum atomic E-state index is -0.818. The lowest BCUT2D eigenvalue weighted by Crippen LogP contribution is -2.38. The highest BCUT2D eigenvalue weighted by molar-refractivity contribution is 14.1. The Balaban J connectivity index is 1.80. The van der Waals surface area contributed by atoms with Gasteiger partial charge in [-0.3, -0.25) is 9.59 Å². The number of benzene rings is 1. The van der Waals surface area contributed by atoms with Crippen molar-refractivity contribution in [1.29, 1.82) is 0 Å². The Morgan fingerprint density at radius 1 is 1.24 bits per heavy atom. The topological polar surface area (TPSA) is 66.4 Å². The van der Waals surface area contributed by atoms with Crippen LogP contribution in [0, 0.1) is 34.2 Å². The van der Waals surface area contributed by atoms with Crippen LogP contribution in [0.3, 0.4) is 0 Å². The third-order valence-electron chi connectivity index (χ3n) is 4.95. The van der Waals surface area contributed by atoms with Gasteiger partial charge in [-0.2, -0.15) is 0 Å². The third-order valence-corrected chi connectivity index (χ3v) is 5.62. The summed E-state index contributed by atoms with van der Waals surface area (Å²) in [5, 5.41) is 12.4. The zero-order chi connectivity index (χ0) is 15.1. The summed E-state index contributed by atoms with van der Waals surface area (Å²) in [6.07, 6.45) is 2.83. The molecule has 2 fully saturated rings. The summed E-state index contributed by atoms with van der Waals surface area (Å²) in [6, 6.07) is 5.84. The van der Waals surface area contributed by atoms with Gasteiger partial charge in [0.25, 0.3) is 0 Å². The van der Waals surface area contributed by atoms with Crippen LogP contribution < -0.4 is 5.32 Å². The normalized spacial score (nSPS) is 30.4. The molecule has 2 N–H and O–H groups in total. The van der Waals surface area contributed by atoms with Crippen LogP contribution >= 0.6 is 22.6 Å². The third kappa shape index (κ3) is 2.67. The van der Waals surface area contributed by atoms with Crippen LogP contribution in [0.15, 0.2) is 18.2 Å². The van der Waals surface area contributed by atoms with Crippen LogP contribution in [0.25, 0.3) is 0 Å². The van der Waals surface area contributed by atoms with E-state index in [1.807, 2.05) is 25.1 Å². The predicted octanol–water partition coefficient (Wildman–Crippen LogP) is 3.29. The summed E-state index contributed by atoms with van der Waals surface area (Å²) in [4.78, 5) is 24.1. The van der Waals surface area contributed by atoms with Crippen molar-refractivity contribution in [3.05, 3.63) is 27.3 Å². The number of halogens is 1. The average Bonchev–Trinajstić information content (AvgIpc) is 3.02. The molecular formula is C16H18INO3. The molecule has 2 aliphatic rings. The molecule has 2 aliphatic carbocycles. The van der Waals surface area contributed by atoms with Crippen LogP contribution in [-0.2, 0) is 9.59 Å². The molecule has 0 spiro atoms. The van der Waals surface area contributed by atoms with E-state index in [2.05, 4.69) is 27.9 Å². The molecule has 112 valence electrons. The lowest BCUT2D eigenvalue weighted by Gasteiger charge is -2.27. The largest absolute Gasteiger partial charge is 0.481 e. The lowest BCUT2D eigenvalue weighted by atomic mass is 9.78. The fourth-order valence-corrected chi connectivity index (χ4v) is 4.65. The van der Waals surface area contributed by atoms with Crippen molar-refractivity contribution in [2.45, 2.75) is 26.2 Å². The van der Waals surface area contributed by atoms with E-state index in [0.29, 0.717) is 0 Å². The molecule has 1 amide bonds. The standard InChI is InChI=1S/C16H18INO3/c1-8-6-11(17)4-5-12(8)18-15(19)13-9-2-3-10(7-9)14(13)16(20)21/h4-6,9-10,13-14H,2-3,7H2,1H3,(H,18,19)(H,20,21)/t9-,10-,13-,14+/m0/s1. The zero-order valence-electron chi connectivity index (χ0n) is 11.8. The second-order valence-corrected chi connectivity index (χ2v) is 7.42. The molecule has 0 aromatic heterocycles. The van der Waals surface area contributed by atoms with Crippen molar-refractivity contribution in [3.8, 4) is 0 Å². The van der Waals surface area contributed by atoms with Crippen molar-refractivity contribution >= 4 is 40.2 Å². The Kier molecular flexibility index (Phi) is 3.94. The molecule has 0 aliphatic heterocycles. The van der Waals surface area contributed by atoms with Gasteiger partial charge in [0.15, 0.2) is 0 Å². The van der Waals surface area contributed by atoms with E-state index < -0.39 is 11.9 Å². The molecule has 1 aromatic carbocycles. The number of carboxylic acids is 1. The summed E-state index contributed by atoms with van der Waals surface area (Å²) >= 11 is 2.23. The van der Waals surface area contributed by atoms with E-state index in [1.54, 1.807) is 0 Å². The first-order valence-corrected chi connectivity index (χ1v) is 8.35. The van der Waals surface area contributed by atoms with Crippen molar-refractivity contribution < 1.29 is 14.7 Å². The van der Waals surface area contributed by atoms with E-state index in [0.717, 1.165) is 34.1 Å². The first-order chi connectivity index (χ1) is 9.97. The van der Waals surface area contributed by atoms with Crippen LogP contribution in [-0.4, -0.2) is 17.0 Å². The number of hydrogen-bond acceptors (Lipinski definition) is 2. The summed E-state index contributed by atoms with van der Waals surface area (Å²) in [6.45, 7) is 1.95. The number of aliphatic carboxylic acids is 1. The highest BCUT2D eigenvalue weighted by atomic mass is 127. The minimum Gasteiger partial charge on any atom is -0.481 e. The van der Waals surface area contributed by atoms with Crippen molar-refractivity contribution in [1.82, 2.24) is 0 Å². The summed E-state index contributed by atoms with van der Waals surface area (Å²) in [5.74, 6) is -1.41. The summed E-state index contributed by atoms with van der Waals surface area (Å²) in [7, 11) is 0. The Labute approximate surface area is 137 Å². The molecule has 0 unspecified atom stereocenters.